The molecule has 166 valence electrons. The van der Waals surface area contributed by atoms with E-state index in [1.54, 1.807) is 66.7 Å². The third kappa shape index (κ3) is 5.01. The second-order valence-electron chi connectivity index (χ2n) is 7.30. The molecule has 0 aliphatic carbocycles. The van der Waals surface area contributed by atoms with Crippen molar-refractivity contribution in [2.24, 2.45) is 0 Å². The lowest BCUT2D eigenvalue weighted by Gasteiger charge is -2.34. The molecular weight excluding hydrogens is 471 g/mol. The maximum atomic E-state index is 13.3. The van der Waals surface area contributed by atoms with Crippen LogP contribution in [0.3, 0.4) is 0 Å². The lowest BCUT2D eigenvalue weighted by Crippen LogP contribution is -2.50. The van der Waals surface area contributed by atoms with Gasteiger partial charge in [0.15, 0.2) is 6.10 Å². The maximum Gasteiger partial charge on any atom is 0.263 e. The first-order valence-electron chi connectivity index (χ1n) is 9.85. The molecule has 9 heteroatoms. The molecule has 1 N–H and O–H groups in total. The molecule has 0 saturated carbocycles. The van der Waals surface area contributed by atoms with E-state index in [4.69, 9.17) is 27.9 Å². The fourth-order valence-electron chi connectivity index (χ4n) is 3.43. The number of carbonyl (C=O) groups excluding carboxylic acids is 1. The standard InChI is InChI=1S/C23H20Cl2N2O4S/c24-18-11-10-17(19(25)12-18)13-26-23(28)22-14-27(20-8-4-5-9-21(20)31-22)32(29,30)15-16-6-2-1-3-7-16/h1-12,22H,13-15H2,(H,26,28)/t22-/m1/s1. The van der Waals surface area contributed by atoms with Crippen LogP contribution in [0.25, 0.3) is 0 Å². The average Bonchev–Trinajstić information content (AvgIpc) is 2.78. The van der Waals surface area contributed by atoms with Gasteiger partial charge < -0.3 is 10.1 Å². The van der Waals surface area contributed by atoms with Crippen molar-refractivity contribution in [3.8, 4) is 5.75 Å². The Morgan fingerprint density at radius 1 is 1.03 bits per heavy atom. The molecule has 0 fully saturated rings. The van der Waals surface area contributed by atoms with Gasteiger partial charge in [-0.15, -0.1) is 0 Å². The number of sulfonamides is 1. The predicted molar refractivity (Wildman–Crippen MR) is 126 cm³/mol. The molecule has 0 saturated heterocycles. The van der Waals surface area contributed by atoms with Crippen LogP contribution in [0.1, 0.15) is 11.1 Å². The minimum Gasteiger partial charge on any atom is -0.476 e. The van der Waals surface area contributed by atoms with E-state index >= 15 is 0 Å². The molecule has 1 aliphatic heterocycles. The van der Waals surface area contributed by atoms with E-state index in [-0.39, 0.29) is 18.8 Å². The molecule has 3 aromatic carbocycles. The van der Waals surface area contributed by atoms with Crippen LogP contribution in [-0.4, -0.2) is 27.0 Å². The minimum atomic E-state index is -3.76. The zero-order chi connectivity index (χ0) is 22.7. The predicted octanol–water partition coefficient (Wildman–Crippen LogP) is 4.41. The van der Waals surface area contributed by atoms with Gasteiger partial charge in [0.1, 0.15) is 5.75 Å². The smallest absolute Gasteiger partial charge is 0.263 e. The first kappa shape index (κ1) is 22.5. The van der Waals surface area contributed by atoms with Gasteiger partial charge in [0, 0.05) is 16.6 Å². The van der Waals surface area contributed by atoms with Crippen LogP contribution in [-0.2, 0) is 27.1 Å². The summed E-state index contributed by atoms with van der Waals surface area (Å²) in [5.74, 6) is -0.290. The summed E-state index contributed by atoms with van der Waals surface area (Å²) in [6, 6.07) is 20.7. The van der Waals surface area contributed by atoms with Crippen molar-refractivity contribution in [2.45, 2.75) is 18.4 Å². The average molecular weight is 491 g/mol. The van der Waals surface area contributed by atoms with E-state index in [0.29, 0.717) is 32.6 Å². The van der Waals surface area contributed by atoms with E-state index in [1.165, 1.54) is 4.31 Å². The maximum absolute atomic E-state index is 13.3. The second kappa shape index (κ2) is 9.40. The molecule has 6 nitrogen and oxygen atoms in total. The number of nitrogens with one attached hydrogen (secondary N) is 1. The number of ether oxygens (including phenoxy) is 1. The van der Waals surface area contributed by atoms with Crippen LogP contribution < -0.4 is 14.4 Å². The van der Waals surface area contributed by atoms with Crippen LogP contribution in [0.15, 0.2) is 72.8 Å². The molecule has 0 radical (unpaired) electrons. The van der Waals surface area contributed by atoms with Gasteiger partial charge in [-0.2, -0.15) is 0 Å². The largest absolute Gasteiger partial charge is 0.476 e. The second-order valence-corrected chi connectivity index (χ2v) is 10.0. The van der Waals surface area contributed by atoms with Crippen molar-refractivity contribution < 1.29 is 17.9 Å². The molecule has 4 rings (SSSR count). The number of anilines is 1. The van der Waals surface area contributed by atoms with E-state index in [1.807, 2.05) is 6.07 Å². The molecule has 1 amide bonds. The SMILES string of the molecule is O=C(NCc1ccc(Cl)cc1Cl)[C@H]1CN(S(=O)(=O)Cc2ccccc2)c2ccccc2O1. The summed E-state index contributed by atoms with van der Waals surface area (Å²) >= 11 is 12.1. The third-order valence-corrected chi connectivity index (χ3v) is 7.33. The lowest BCUT2D eigenvalue weighted by atomic mass is 10.2. The molecule has 0 spiro atoms. The molecule has 32 heavy (non-hydrogen) atoms. The summed E-state index contributed by atoms with van der Waals surface area (Å²) < 4.78 is 33.6. The number of hydrogen-bond acceptors (Lipinski definition) is 4. The summed E-state index contributed by atoms with van der Waals surface area (Å²) in [4.78, 5) is 12.9. The Kier molecular flexibility index (Phi) is 6.60. The van der Waals surface area contributed by atoms with Gasteiger partial charge in [0.05, 0.1) is 18.0 Å². The van der Waals surface area contributed by atoms with Crippen LogP contribution >= 0.6 is 23.2 Å². The molecule has 1 aliphatic rings. The van der Waals surface area contributed by atoms with Gasteiger partial charge in [0.2, 0.25) is 10.0 Å². The fraction of sp³-hybridized carbons (Fsp3) is 0.174. The summed E-state index contributed by atoms with van der Waals surface area (Å²) in [7, 11) is -3.76. The van der Waals surface area contributed by atoms with Crippen molar-refractivity contribution in [2.75, 3.05) is 10.8 Å². The Bertz CT molecular complexity index is 1240. The number of carbonyl (C=O) groups is 1. The number of hydrogen-bond donors (Lipinski definition) is 1. The Morgan fingerprint density at radius 2 is 1.75 bits per heavy atom. The van der Waals surface area contributed by atoms with Crippen LogP contribution in [0, 0.1) is 0 Å². The molecule has 0 bridgehead atoms. The van der Waals surface area contributed by atoms with E-state index in [9.17, 15) is 13.2 Å². The highest BCUT2D eigenvalue weighted by molar-refractivity contribution is 7.92. The highest BCUT2D eigenvalue weighted by atomic mass is 35.5. The third-order valence-electron chi connectivity index (χ3n) is 5.02. The lowest BCUT2D eigenvalue weighted by molar-refractivity contribution is -0.127. The number of para-hydroxylation sites is 2. The summed E-state index contributed by atoms with van der Waals surface area (Å²) in [6.07, 6.45) is -1.01. The fourth-order valence-corrected chi connectivity index (χ4v) is 5.48. The molecular formula is C23H20Cl2N2O4S. The minimum absolute atomic E-state index is 0.133. The number of amides is 1. The normalized spacial score (nSPS) is 15.6. The Balaban J connectivity index is 1.54. The molecule has 1 atom stereocenters. The Labute approximate surface area is 196 Å². The van der Waals surface area contributed by atoms with Gasteiger partial charge in [0.25, 0.3) is 5.91 Å². The quantitative estimate of drug-likeness (QED) is 0.555. The van der Waals surface area contributed by atoms with Crippen molar-refractivity contribution in [1.82, 2.24) is 5.32 Å². The van der Waals surface area contributed by atoms with Crippen molar-refractivity contribution in [3.05, 3.63) is 94.0 Å². The summed E-state index contributed by atoms with van der Waals surface area (Å²) in [5, 5.41) is 3.70. The van der Waals surface area contributed by atoms with Crippen molar-refractivity contribution >= 4 is 44.8 Å². The first-order valence-corrected chi connectivity index (χ1v) is 12.2. The van der Waals surface area contributed by atoms with Crippen LogP contribution in [0.4, 0.5) is 5.69 Å². The van der Waals surface area contributed by atoms with Crippen molar-refractivity contribution in [1.29, 1.82) is 0 Å². The number of halogens is 2. The summed E-state index contributed by atoms with van der Waals surface area (Å²) in [6.45, 7) is 0.0273. The van der Waals surface area contributed by atoms with Gasteiger partial charge in [-0.1, -0.05) is 71.7 Å². The van der Waals surface area contributed by atoms with Gasteiger partial charge in [-0.05, 0) is 35.4 Å². The highest BCUT2D eigenvalue weighted by Crippen LogP contribution is 2.35. The molecule has 3 aromatic rings. The van der Waals surface area contributed by atoms with Gasteiger partial charge in [-0.3, -0.25) is 9.10 Å². The van der Waals surface area contributed by atoms with Crippen LogP contribution in [0.5, 0.6) is 5.75 Å². The number of fused-ring (bicyclic) bond motifs is 1. The van der Waals surface area contributed by atoms with Gasteiger partial charge >= 0.3 is 0 Å². The number of benzene rings is 3. The Morgan fingerprint density at radius 3 is 2.50 bits per heavy atom. The van der Waals surface area contributed by atoms with E-state index in [2.05, 4.69) is 5.32 Å². The molecule has 1 heterocycles. The summed E-state index contributed by atoms with van der Waals surface area (Å²) in [5.41, 5.74) is 1.76. The monoisotopic (exact) mass is 490 g/mol. The number of nitrogens with zero attached hydrogens (tertiary/aromatic N) is 1. The van der Waals surface area contributed by atoms with Gasteiger partial charge in [-0.25, -0.2) is 8.42 Å². The zero-order valence-corrected chi connectivity index (χ0v) is 19.2. The molecule has 0 unspecified atom stereocenters. The van der Waals surface area contributed by atoms with E-state index < -0.39 is 22.0 Å². The zero-order valence-electron chi connectivity index (χ0n) is 16.9. The van der Waals surface area contributed by atoms with Crippen LogP contribution in [0.2, 0.25) is 10.0 Å². The van der Waals surface area contributed by atoms with Crippen molar-refractivity contribution in [3.63, 3.8) is 0 Å². The van der Waals surface area contributed by atoms with E-state index in [0.717, 1.165) is 0 Å². The number of rotatable bonds is 6. The first-order chi connectivity index (χ1) is 15.3. The Hall–Kier alpha value is -2.74. The highest BCUT2D eigenvalue weighted by Gasteiger charge is 2.36. The molecule has 0 aromatic heterocycles. The topological polar surface area (TPSA) is 75.7 Å².